The van der Waals surface area contributed by atoms with Gasteiger partial charge in [-0.25, -0.2) is 0 Å². The lowest BCUT2D eigenvalue weighted by Crippen LogP contribution is -2.46. The molecule has 0 unspecified atom stereocenters. The summed E-state index contributed by atoms with van der Waals surface area (Å²) >= 11 is 0. The number of likely N-dealkylation sites (tertiary alicyclic amines) is 1. The van der Waals surface area contributed by atoms with Gasteiger partial charge in [0.15, 0.2) is 11.5 Å². The first-order chi connectivity index (χ1) is 12.9. The van der Waals surface area contributed by atoms with Gasteiger partial charge in [-0.15, -0.1) is 0 Å². The molecule has 0 bridgehead atoms. The van der Waals surface area contributed by atoms with E-state index in [0.29, 0.717) is 13.0 Å². The molecule has 1 amide bonds. The molecule has 1 atom stereocenters. The van der Waals surface area contributed by atoms with E-state index in [9.17, 15) is 19.7 Å². The molecule has 8 heteroatoms. The van der Waals surface area contributed by atoms with Crippen molar-refractivity contribution >= 4 is 17.4 Å². The van der Waals surface area contributed by atoms with Gasteiger partial charge in [-0.3, -0.25) is 19.7 Å². The van der Waals surface area contributed by atoms with Gasteiger partial charge in [-0.1, -0.05) is 20.3 Å². The second-order valence-corrected chi connectivity index (χ2v) is 6.53. The van der Waals surface area contributed by atoms with Crippen molar-refractivity contribution in [1.29, 1.82) is 0 Å². The van der Waals surface area contributed by atoms with Crippen LogP contribution >= 0.6 is 0 Å². The fraction of sp³-hybridized carbons (Fsp3) is 0.579. The van der Waals surface area contributed by atoms with Gasteiger partial charge in [0.1, 0.15) is 11.3 Å². The second-order valence-electron chi connectivity index (χ2n) is 6.53. The van der Waals surface area contributed by atoms with Crippen molar-refractivity contribution < 1.29 is 24.0 Å². The Balaban J connectivity index is 2.40. The van der Waals surface area contributed by atoms with E-state index < -0.39 is 10.8 Å². The van der Waals surface area contributed by atoms with Crippen LogP contribution in [0.25, 0.3) is 0 Å². The monoisotopic (exact) mass is 378 g/mol. The third-order valence-electron chi connectivity index (χ3n) is 4.73. The first kappa shape index (κ1) is 20.7. The number of piperidine rings is 1. The average Bonchev–Trinajstić information content (AvgIpc) is 2.66. The summed E-state index contributed by atoms with van der Waals surface area (Å²) in [6, 6.07) is 2.37. The van der Waals surface area contributed by atoms with E-state index in [1.807, 2.05) is 13.8 Å². The molecule has 0 N–H and O–H groups in total. The standard InChI is InChI=1S/C19H26N2O6/c1-4-6-9-27-18-12-16(21(24)25)15(11-17(18)26-3)19(23)20-8-7-14(22)10-13(20)5-2/h11-13H,4-10H2,1-3H3/t13-/m1/s1. The van der Waals surface area contributed by atoms with Crippen molar-refractivity contribution in [2.45, 2.75) is 52.0 Å². The van der Waals surface area contributed by atoms with Crippen LogP contribution in [-0.4, -0.2) is 47.8 Å². The minimum absolute atomic E-state index is 0.0486. The van der Waals surface area contributed by atoms with Crippen molar-refractivity contribution in [2.75, 3.05) is 20.3 Å². The van der Waals surface area contributed by atoms with Crippen LogP contribution in [-0.2, 0) is 4.79 Å². The molecular formula is C19H26N2O6. The van der Waals surface area contributed by atoms with Crippen molar-refractivity contribution in [1.82, 2.24) is 4.90 Å². The third kappa shape index (κ3) is 4.75. The number of hydrogen-bond donors (Lipinski definition) is 0. The fourth-order valence-electron chi connectivity index (χ4n) is 3.16. The molecule has 1 aromatic carbocycles. The number of carbonyl (C=O) groups excluding carboxylic acids is 2. The molecule has 0 spiro atoms. The van der Waals surface area contributed by atoms with Crippen LogP contribution in [0.4, 0.5) is 5.69 Å². The van der Waals surface area contributed by atoms with Crippen molar-refractivity contribution in [3.63, 3.8) is 0 Å². The number of Topliss-reactive ketones (excluding diaryl/α,β-unsaturated/α-hetero) is 1. The fourth-order valence-corrected chi connectivity index (χ4v) is 3.16. The largest absolute Gasteiger partial charge is 0.493 e. The van der Waals surface area contributed by atoms with E-state index in [0.717, 1.165) is 12.8 Å². The maximum absolute atomic E-state index is 13.1. The topological polar surface area (TPSA) is 99.0 Å². The smallest absolute Gasteiger partial charge is 0.286 e. The summed E-state index contributed by atoms with van der Waals surface area (Å²) < 4.78 is 10.9. The molecule has 1 heterocycles. The number of methoxy groups -OCH3 is 1. The minimum Gasteiger partial charge on any atom is -0.493 e. The lowest BCUT2D eigenvalue weighted by atomic mass is 9.97. The number of unbranched alkanes of at least 4 members (excludes halogenated alkanes) is 1. The zero-order valence-corrected chi connectivity index (χ0v) is 16.0. The Hall–Kier alpha value is -2.64. The van der Waals surface area contributed by atoms with Gasteiger partial charge in [0.25, 0.3) is 11.6 Å². The quantitative estimate of drug-likeness (QED) is 0.391. The Bertz CT molecular complexity index is 718. The predicted octanol–water partition coefficient (Wildman–Crippen LogP) is 3.37. The summed E-state index contributed by atoms with van der Waals surface area (Å²) in [5.74, 6) is 0.174. The molecule has 1 aliphatic heterocycles. The number of nitro groups is 1. The summed E-state index contributed by atoms with van der Waals surface area (Å²) in [7, 11) is 1.43. The summed E-state index contributed by atoms with van der Waals surface area (Å²) in [5, 5.41) is 11.6. The molecule has 1 fully saturated rings. The summed E-state index contributed by atoms with van der Waals surface area (Å²) in [4.78, 5) is 37.3. The first-order valence-corrected chi connectivity index (χ1v) is 9.24. The van der Waals surface area contributed by atoms with Gasteiger partial charge in [0.2, 0.25) is 0 Å². The Morgan fingerprint density at radius 1 is 1.33 bits per heavy atom. The molecule has 0 aromatic heterocycles. The molecule has 2 rings (SSSR count). The van der Waals surface area contributed by atoms with Gasteiger partial charge in [-0.05, 0) is 12.8 Å². The van der Waals surface area contributed by atoms with Crippen LogP contribution in [0, 0.1) is 10.1 Å². The maximum atomic E-state index is 13.1. The lowest BCUT2D eigenvalue weighted by Gasteiger charge is -2.34. The van der Waals surface area contributed by atoms with E-state index in [1.54, 1.807) is 4.90 Å². The highest BCUT2D eigenvalue weighted by Crippen LogP contribution is 2.36. The van der Waals surface area contributed by atoms with Crippen LogP contribution in [0.3, 0.4) is 0 Å². The molecule has 0 saturated carbocycles. The van der Waals surface area contributed by atoms with E-state index in [2.05, 4.69) is 0 Å². The van der Waals surface area contributed by atoms with Crippen molar-refractivity contribution in [3.05, 3.63) is 27.8 Å². The minimum atomic E-state index is -0.588. The number of hydrogen-bond acceptors (Lipinski definition) is 6. The van der Waals surface area contributed by atoms with Gasteiger partial charge in [-0.2, -0.15) is 0 Å². The highest BCUT2D eigenvalue weighted by Gasteiger charge is 2.34. The summed E-state index contributed by atoms with van der Waals surface area (Å²) in [6.07, 6.45) is 2.89. The zero-order chi connectivity index (χ0) is 20.0. The van der Waals surface area contributed by atoms with Gasteiger partial charge in [0.05, 0.1) is 24.7 Å². The van der Waals surface area contributed by atoms with Gasteiger partial charge < -0.3 is 14.4 Å². The molecule has 8 nitrogen and oxygen atoms in total. The van der Waals surface area contributed by atoms with Crippen LogP contribution in [0.5, 0.6) is 11.5 Å². The second kappa shape index (κ2) is 9.34. The number of nitrogens with zero attached hydrogens (tertiary/aromatic N) is 2. The number of rotatable bonds is 8. The Morgan fingerprint density at radius 2 is 2.07 bits per heavy atom. The Morgan fingerprint density at radius 3 is 2.67 bits per heavy atom. The molecule has 0 radical (unpaired) electrons. The van der Waals surface area contributed by atoms with E-state index in [-0.39, 0.29) is 54.0 Å². The summed E-state index contributed by atoms with van der Waals surface area (Å²) in [5.41, 5.74) is -0.369. The number of carbonyl (C=O) groups is 2. The van der Waals surface area contributed by atoms with E-state index >= 15 is 0 Å². The third-order valence-corrected chi connectivity index (χ3v) is 4.73. The highest BCUT2D eigenvalue weighted by atomic mass is 16.6. The number of benzene rings is 1. The number of nitro benzene ring substituents is 1. The van der Waals surface area contributed by atoms with Crippen molar-refractivity contribution in [3.8, 4) is 11.5 Å². The van der Waals surface area contributed by atoms with Crippen LogP contribution in [0.1, 0.15) is 56.3 Å². The SMILES string of the molecule is CCCCOc1cc([N+](=O)[O-])c(C(=O)N2CCC(=O)C[C@H]2CC)cc1OC. The lowest BCUT2D eigenvalue weighted by molar-refractivity contribution is -0.385. The van der Waals surface area contributed by atoms with E-state index in [1.165, 1.54) is 19.2 Å². The van der Waals surface area contributed by atoms with E-state index in [4.69, 9.17) is 9.47 Å². The molecule has 1 saturated heterocycles. The molecule has 1 aromatic rings. The number of amides is 1. The number of ether oxygens (including phenoxy) is 2. The normalized spacial score (nSPS) is 16.9. The van der Waals surface area contributed by atoms with Crippen LogP contribution < -0.4 is 9.47 Å². The predicted molar refractivity (Wildman–Crippen MR) is 99.4 cm³/mol. The Kier molecular flexibility index (Phi) is 7.15. The van der Waals surface area contributed by atoms with Crippen LogP contribution in [0.2, 0.25) is 0 Å². The van der Waals surface area contributed by atoms with Crippen molar-refractivity contribution in [2.24, 2.45) is 0 Å². The molecule has 148 valence electrons. The van der Waals surface area contributed by atoms with Gasteiger partial charge >= 0.3 is 0 Å². The first-order valence-electron chi connectivity index (χ1n) is 9.24. The average molecular weight is 378 g/mol. The maximum Gasteiger partial charge on any atom is 0.286 e. The summed E-state index contributed by atoms with van der Waals surface area (Å²) in [6.45, 7) is 4.58. The highest BCUT2D eigenvalue weighted by molar-refractivity contribution is 6.00. The molecule has 0 aliphatic carbocycles. The number of ketones is 1. The van der Waals surface area contributed by atoms with Gasteiger partial charge in [0, 0.05) is 31.5 Å². The zero-order valence-electron chi connectivity index (χ0n) is 16.0. The Labute approximate surface area is 158 Å². The molecule has 1 aliphatic rings. The van der Waals surface area contributed by atoms with Crippen LogP contribution in [0.15, 0.2) is 12.1 Å². The molecular weight excluding hydrogens is 352 g/mol. The molecule has 27 heavy (non-hydrogen) atoms.